The van der Waals surface area contributed by atoms with Gasteiger partial charge in [-0.1, -0.05) is 19.1 Å². The molecule has 0 atom stereocenters. The maximum atomic E-state index is 5.61. The molecule has 0 fully saturated rings. The van der Waals surface area contributed by atoms with Crippen LogP contribution in [0.2, 0.25) is 0 Å². The summed E-state index contributed by atoms with van der Waals surface area (Å²) in [5.74, 6) is 1.80. The number of hydrogen-bond acceptors (Lipinski definition) is 5. The zero-order valence-electron chi connectivity index (χ0n) is 11.5. The van der Waals surface area contributed by atoms with Crippen LogP contribution < -0.4 is 10.1 Å². The Morgan fingerprint density at radius 3 is 2.58 bits per heavy atom. The summed E-state index contributed by atoms with van der Waals surface area (Å²) in [6.45, 7) is 6.85. The van der Waals surface area contributed by atoms with E-state index in [2.05, 4.69) is 33.7 Å². The van der Waals surface area contributed by atoms with Crippen molar-refractivity contribution < 1.29 is 4.74 Å². The first-order valence-electron chi connectivity index (χ1n) is 6.49. The predicted octanol–water partition coefficient (Wildman–Crippen LogP) is 3.50. The van der Waals surface area contributed by atoms with Gasteiger partial charge in [-0.05, 0) is 31.5 Å². The van der Waals surface area contributed by atoms with Crippen LogP contribution in [0.3, 0.4) is 0 Å². The summed E-state index contributed by atoms with van der Waals surface area (Å²) in [5.41, 5.74) is 1.20. The smallest absolute Gasteiger partial charge is 0.202 e. The van der Waals surface area contributed by atoms with E-state index in [0.717, 1.165) is 29.7 Å². The van der Waals surface area contributed by atoms with Crippen molar-refractivity contribution in [2.75, 3.05) is 5.32 Å². The first-order valence-corrected chi connectivity index (χ1v) is 7.26. The summed E-state index contributed by atoms with van der Waals surface area (Å²) in [7, 11) is 0. The van der Waals surface area contributed by atoms with Crippen LogP contribution in [0, 0.1) is 0 Å². The highest BCUT2D eigenvalue weighted by molar-refractivity contribution is 7.09. The van der Waals surface area contributed by atoms with Crippen molar-refractivity contribution >= 4 is 16.7 Å². The topological polar surface area (TPSA) is 47.0 Å². The van der Waals surface area contributed by atoms with Crippen LogP contribution in [-0.2, 0) is 13.0 Å². The Hall–Kier alpha value is -1.62. The SMILES string of the molecule is CCc1nsc(NCc2ccc(OC(C)C)cc2)n1. The molecule has 5 heteroatoms. The molecule has 102 valence electrons. The minimum atomic E-state index is 0.206. The summed E-state index contributed by atoms with van der Waals surface area (Å²) in [5, 5.41) is 4.15. The molecule has 0 amide bonds. The van der Waals surface area contributed by atoms with Crippen molar-refractivity contribution in [1.82, 2.24) is 9.36 Å². The van der Waals surface area contributed by atoms with E-state index >= 15 is 0 Å². The zero-order chi connectivity index (χ0) is 13.7. The van der Waals surface area contributed by atoms with Gasteiger partial charge in [-0.2, -0.15) is 4.37 Å². The van der Waals surface area contributed by atoms with E-state index in [4.69, 9.17) is 4.74 Å². The number of ether oxygens (including phenoxy) is 1. The molecule has 1 aromatic carbocycles. The van der Waals surface area contributed by atoms with Crippen molar-refractivity contribution in [2.24, 2.45) is 0 Å². The van der Waals surface area contributed by atoms with Gasteiger partial charge in [-0.15, -0.1) is 0 Å². The van der Waals surface area contributed by atoms with E-state index in [9.17, 15) is 0 Å². The number of nitrogens with one attached hydrogen (secondary N) is 1. The Bertz CT molecular complexity index is 508. The molecular formula is C14H19N3OS. The molecule has 4 nitrogen and oxygen atoms in total. The molecule has 0 unspecified atom stereocenters. The molecule has 1 N–H and O–H groups in total. The molecule has 0 aliphatic rings. The van der Waals surface area contributed by atoms with Gasteiger partial charge in [0.1, 0.15) is 11.6 Å². The molecule has 1 heterocycles. The summed E-state index contributed by atoms with van der Waals surface area (Å²) in [6, 6.07) is 8.11. The van der Waals surface area contributed by atoms with E-state index in [-0.39, 0.29) is 6.10 Å². The molecular weight excluding hydrogens is 258 g/mol. The van der Waals surface area contributed by atoms with Crippen LogP contribution in [0.4, 0.5) is 5.13 Å². The standard InChI is InChI=1S/C14H19N3OS/c1-4-13-16-14(19-17-13)15-9-11-5-7-12(8-6-11)18-10(2)3/h5-8,10H,4,9H2,1-3H3,(H,15,16,17). The number of aryl methyl sites for hydroxylation is 1. The van der Waals surface area contributed by atoms with Crippen LogP contribution in [0.25, 0.3) is 0 Å². The molecule has 2 rings (SSSR count). The average Bonchev–Trinajstić information content (AvgIpc) is 2.85. The summed E-state index contributed by atoms with van der Waals surface area (Å²) >= 11 is 1.41. The highest BCUT2D eigenvalue weighted by atomic mass is 32.1. The lowest BCUT2D eigenvalue weighted by Gasteiger charge is -2.10. The van der Waals surface area contributed by atoms with E-state index in [0.29, 0.717) is 0 Å². The second kappa shape index (κ2) is 6.52. The Morgan fingerprint density at radius 1 is 1.26 bits per heavy atom. The number of aromatic nitrogens is 2. The fourth-order valence-electron chi connectivity index (χ4n) is 1.61. The molecule has 0 bridgehead atoms. The lowest BCUT2D eigenvalue weighted by Crippen LogP contribution is -2.05. The van der Waals surface area contributed by atoms with Crippen molar-refractivity contribution in [3.05, 3.63) is 35.7 Å². The van der Waals surface area contributed by atoms with Gasteiger partial charge in [0.05, 0.1) is 6.10 Å². The molecule has 0 saturated carbocycles. The van der Waals surface area contributed by atoms with Gasteiger partial charge in [-0.25, -0.2) is 4.98 Å². The fraction of sp³-hybridized carbons (Fsp3) is 0.429. The van der Waals surface area contributed by atoms with E-state index in [1.807, 2.05) is 26.0 Å². The monoisotopic (exact) mass is 277 g/mol. The molecule has 0 spiro atoms. The van der Waals surface area contributed by atoms with Crippen LogP contribution in [0.5, 0.6) is 5.75 Å². The second-order valence-corrected chi connectivity index (χ2v) is 5.29. The zero-order valence-corrected chi connectivity index (χ0v) is 12.3. The maximum Gasteiger partial charge on any atom is 0.202 e. The van der Waals surface area contributed by atoms with E-state index in [1.165, 1.54) is 17.1 Å². The maximum absolute atomic E-state index is 5.61. The Balaban J connectivity index is 1.89. The lowest BCUT2D eigenvalue weighted by atomic mass is 10.2. The van der Waals surface area contributed by atoms with Crippen molar-refractivity contribution in [3.63, 3.8) is 0 Å². The fourth-order valence-corrected chi connectivity index (χ4v) is 2.25. The highest BCUT2D eigenvalue weighted by Crippen LogP contribution is 2.16. The summed E-state index contributed by atoms with van der Waals surface area (Å²) in [4.78, 5) is 4.37. The number of nitrogens with zero attached hydrogens (tertiary/aromatic N) is 2. The molecule has 0 aliphatic heterocycles. The molecule has 2 aromatic rings. The highest BCUT2D eigenvalue weighted by Gasteiger charge is 2.02. The first-order chi connectivity index (χ1) is 9.17. The molecule has 1 aromatic heterocycles. The number of rotatable bonds is 6. The summed E-state index contributed by atoms with van der Waals surface area (Å²) in [6.07, 6.45) is 1.08. The first kappa shape index (κ1) is 13.8. The minimum Gasteiger partial charge on any atom is -0.491 e. The van der Waals surface area contributed by atoms with E-state index in [1.54, 1.807) is 0 Å². The van der Waals surface area contributed by atoms with Gasteiger partial charge in [-0.3, -0.25) is 0 Å². The Morgan fingerprint density at radius 2 is 2.00 bits per heavy atom. The Labute approximate surface area is 118 Å². The van der Waals surface area contributed by atoms with Gasteiger partial charge in [0, 0.05) is 24.5 Å². The lowest BCUT2D eigenvalue weighted by molar-refractivity contribution is 0.242. The average molecular weight is 277 g/mol. The third-order valence-corrected chi connectivity index (χ3v) is 3.23. The predicted molar refractivity (Wildman–Crippen MR) is 78.8 cm³/mol. The normalized spacial score (nSPS) is 10.7. The molecule has 0 radical (unpaired) electrons. The van der Waals surface area contributed by atoms with Crippen molar-refractivity contribution in [2.45, 2.75) is 39.8 Å². The third-order valence-electron chi connectivity index (χ3n) is 2.52. The Kier molecular flexibility index (Phi) is 4.74. The van der Waals surface area contributed by atoms with Crippen LogP contribution in [-0.4, -0.2) is 15.5 Å². The quantitative estimate of drug-likeness (QED) is 0.878. The molecule has 0 saturated heterocycles. The summed E-state index contributed by atoms with van der Waals surface area (Å²) < 4.78 is 9.85. The van der Waals surface area contributed by atoms with Gasteiger partial charge in [0.25, 0.3) is 0 Å². The third kappa shape index (κ3) is 4.21. The number of hydrogen-bond donors (Lipinski definition) is 1. The van der Waals surface area contributed by atoms with Gasteiger partial charge in [0.15, 0.2) is 0 Å². The second-order valence-electron chi connectivity index (χ2n) is 4.53. The van der Waals surface area contributed by atoms with Gasteiger partial charge in [0.2, 0.25) is 5.13 Å². The molecule has 19 heavy (non-hydrogen) atoms. The van der Waals surface area contributed by atoms with Crippen LogP contribution >= 0.6 is 11.5 Å². The van der Waals surface area contributed by atoms with Crippen LogP contribution in [0.1, 0.15) is 32.2 Å². The van der Waals surface area contributed by atoms with E-state index < -0.39 is 0 Å². The van der Waals surface area contributed by atoms with Crippen LogP contribution in [0.15, 0.2) is 24.3 Å². The number of anilines is 1. The largest absolute Gasteiger partial charge is 0.491 e. The van der Waals surface area contributed by atoms with Gasteiger partial charge >= 0.3 is 0 Å². The minimum absolute atomic E-state index is 0.206. The van der Waals surface area contributed by atoms with Crippen molar-refractivity contribution in [3.8, 4) is 5.75 Å². The van der Waals surface area contributed by atoms with Crippen molar-refractivity contribution in [1.29, 1.82) is 0 Å². The van der Waals surface area contributed by atoms with Gasteiger partial charge < -0.3 is 10.1 Å². The molecule has 0 aliphatic carbocycles. The number of benzene rings is 1.